The third-order valence-electron chi connectivity index (χ3n) is 7.81. The number of hydrogen-bond donors (Lipinski definition) is 3. The number of carbonyl (C=O) groups is 2. The van der Waals surface area contributed by atoms with E-state index in [2.05, 4.69) is 43.0 Å². The van der Waals surface area contributed by atoms with Crippen molar-refractivity contribution >= 4 is 17.6 Å². The van der Waals surface area contributed by atoms with Crippen LogP contribution in [-0.2, 0) is 22.7 Å². The second kappa shape index (κ2) is 15.2. The quantitative estimate of drug-likeness (QED) is 0.126. The number of carboxylic acids is 2. The lowest BCUT2D eigenvalue weighted by Crippen LogP contribution is -2.34. The third kappa shape index (κ3) is 8.84. The molecule has 0 atom stereocenters. The summed E-state index contributed by atoms with van der Waals surface area (Å²) in [5, 5.41) is 18.6. The Kier molecular flexibility index (Phi) is 10.7. The molecule has 0 fully saturated rings. The molecule has 0 aliphatic rings. The van der Waals surface area contributed by atoms with Crippen LogP contribution in [0.4, 0.5) is 5.69 Å². The summed E-state index contributed by atoms with van der Waals surface area (Å²) in [6.45, 7) is 6.05. The Morgan fingerprint density at radius 2 is 1.00 bits per heavy atom. The van der Waals surface area contributed by atoms with Crippen molar-refractivity contribution < 1.29 is 19.8 Å². The summed E-state index contributed by atoms with van der Waals surface area (Å²) in [6.07, 6.45) is 0. The Morgan fingerprint density at radius 1 is 0.574 bits per heavy atom. The number of hydrogen-bond acceptors (Lipinski definition) is 8. The summed E-state index contributed by atoms with van der Waals surface area (Å²) >= 11 is 0. The van der Waals surface area contributed by atoms with E-state index in [-0.39, 0.29) is 6.54 Å². The predicted molar refractivity (Wildman–Crippen MR) is 183 cm³/mol. The maximum absolute atomic E-state index is 11.4. The SMILES string of the molecule is CCN(CC)Cc1cccc(-c2cc(-c3ccc(-c4ccc(N)cc4)cc3)cc(-c3cccc(CN(CC(=O)O)CC(=O)O)n3)n2)n1. The van der Waals surface area contributed by atoms with E-state index in [0.717, 1.165) is 53.3 Å². The monoisotopic (exact) mass is 630 g/mol. The fourth-order valence-corrected chi connectivity index (χ4v) is 5.37. The Bertz CT molecular complexity index is 1820. The molecule has 2 aromatic carbocycles. The van der Waals surface area contributed by atoms with Crippen molar-refractivity contribution in [1.29, 1.82) is 0 Å². The molecule has 5 rings (SSSR count). The zero-order valence-electron chi connectivity index (χ0n) is 26.5. The number of nitrogens with zero attached hydrogens (tertiary/aromatic N) is 5. The summed E-state index contributed by atoms with van der Waals surface area (Å²) in [6, 6.07) is 31.4. The number of nitrogens with two attached hydrogens (primary N) is 1. The first-order valence-electron chi connectivity index (χ1n) is 15.5. The Labute approximate surface area is 274 Å². The molecule has 5 aromatic rings. The summed E-state index contributed by atoms with van der Waals surface area (Å²) in [4.78, 5) is 41.1. The van der Waals surface area contributed by atoms with Crippen molar-refractivity contribution in [3.05, 3.63) is 108 Å². The number of benzene rings is 2. The number of anilines is 1. The van der Waals surface area contributed by atoms with Gasteiger partial charge in [-0.1, -0.05) is 62.4 Å². The van der Waals surface area contributed by atoms with Gasteiger partial charge in [0.2, 0.25) is 0 Å². The van der Waals surface area contributed by atoms with Crippen molar-refractivity contribution in [2.45, 2.75) is 26.9 Å². The molecule has 10 heteroatoms. The minimum atomic E-state index is -1.11. The van der Waals surface area contributed by atoms with E-state index < -0.39 is 25.0 Å². The third-order valence-corrected chi connectivity index (χ3v) is 7.81. The van der Waals surface area contributed by atoms with Crippen molar-refractivity contribution in [3.8, 4) is 45.0 Å². The van der Waals surface area contributed by atoms with E-state index in [1.807, 2.05) is 66.7 Å². The summed E-state index contributed by atoms with van der Waals surface area (Å²) in [7, 11) is 0. The lowest BCUT2D eigenvalue weighted by molar-refractivity contribution is -0.142. The van der Waals surface area contributed by atoms with Crippen LogP contribution >= 0.6 is 0 Å². The molecule has 0 radical (unpaired) electrons. The molecule has 0 aliphatic carbocycles. The van der Waals surface area contributed by atoms with Gasteiger partial charge in [0, 0.05) is 18.8 Å². The maximum Gasteiger partial charge on any atom is 0.317 e. The first-order chi connectivity index (χ1) is 22.7. The predicted octanol–water partition coefficient (Wildman–Crippen LogP) is 5.93. The molecule has 3 heterocycles. The molecule has 4 N–H and O–H groups in total. The first-order valence-corrected chi connectivity index (χ1v) is 15.5. The molecule has 0 unspecified atom stereocenters. The average Bonchev–Trinajstić information content (AvgIpc) is 3.07. The first kappa shape index (κ1) is 32.9. The highest BCUT2D eigenvalue weighted by Crippen LogP contribution is 2.31. The maximum atomic E-state index is 11.4. The fourth-order valence-electron chi connectivity index (χ4n) is 5.37. The number of pyridine rings is 3. The molecule has 3 aromatic heterocycles. The molecule has 0 aliphatic heterocycles. The summed E-state index contributed by atoms with van der Waals surface area (Å²) < 4.78 is 0. The number of nitrogen functional groups attached to an aromatic ring is 1. The smallest absolute Gasteiger partial charge is 0.317 e. The van der Waals surface area contributed by atoms with Crippen LogP contribution in [-0.4, -0.2) is 73.1 Å². The van der Waals surface area contributed by atoms with E-state index in [1.165, 1.54) is 4.90 Å². The molecule has 47 heavy (non-hydrogen) atoms. The molecule has 10 nitrogen and oxygen atoms in total. The second-order valence-corrected chi connectivity index (χ2v) is 11.2. The van der Waals surface area contributed by atoms with Crippen LogP contribution in [0.5, 0.6) is 0 Å². The minimum absolute atomic E-state index is 0.0561. The molecule has 0 amide bonds. The van der Waals surface area contributed by atoms with Gasteiger partial charge in [0.1, 0.15) is 0 Å². The highest BCUT2D eigenvalue weighted by Gasteiger charge is 2.17. The van der Waals surface area contributed by atoms with Gasteiger partial charge in [-0.15, -0.1) is 0 Å². The van der Waals surface area contributed by atoms with Crippen molar-refractivity contribution in [2.24, 2.45) is 0 Å². The van der Waals surface area contributed by atoms with E-state index in [1.54, 1.807) is 6.07 Å². The zero-order chi connectivity index (χ0) is 33.3. The van der Waals surface area contributed by atoms with Gasteiger partial charge >= 0.3 is 11.9 Å². The number of aliphatic carboxylic acids is 2. The average molecular weight is 631 g/mol. The van der Waals surface area contributed by atoms with Crippen LogP contribution in [0.1, 0.15) is 25.2 Å². The fraction of sp³-hybridized carbons (Fsp3) is 0.216. The summed E-state index contributed by atoms with van der Waals surface area (Å²) in [5.74, 6) is -2.22. The van der Waals surface area contributed by atoms with Crippen LogP contribution in [0, 0.1) is 0 Å². The minimum Gasteiger partial charge on any atom is -0.480 e. The Balaban J connectivity index is 1.55. The molecule has 0 saturated heterocycles. The van der Waals surface area contributed by atoms with E-state index in [0.29, 0.717) is 28.5 Å². The van der Waals surface area contributed by atoms with E-state index >= 15 is 0 Å². The lowest BCUT2D eigenvalue weighted by atomic mass is 9.99. The normalized spacial score (nSPS) is 11.2. The molecular formula is C37H38N6O4. The van der Waals surface area contributed by atoms with Crippen molar-refractivity contribution in [3.63, 3.8) is 0 Å². The molecule has 0 spiro atoms. The van der Waals surface area contributed by atoms with Crippen LogP contribution < -0.4 is 5.73 Å². The summed E-state index contributed by atoms with van der Waals surface area (Å²) in [5.41, 5.74) is 14.7. The molecule has 0 saturated carbocycles. The van der Waals surface area contributed by atoms with Gasteiger partial charge in [-0.2, -0.15) is 0 Å². The Hall–Kier alpha value is -5.45. The van der Waals surface area contributed by atoms with Crippen molar-refractivity contribution in [1.82, 2.24) is 24.8 Å². The number of carboxylic acid groups (broad SMARTS) is 2. The lowest BCUT2D eigenvalue weighted by Gasteiger charge is -2.18. The van der Waals surface area contributed by atoms with Crippen LogP contribution in [0.15, 0.2) is 97.1 Å². The van der Waals surface area contributed by atoms with Crippen LogP contribution in [0.3, 0.4) is 0 Å². The highest BCUT2D eigenvalue weighted by atomic mass is 16.4. The number of rotatable bonds is 14. The van der Waals surface area contributed by atoms with Gasteiger partial charge in [0.05, 0.1) is 47.3 Å². The topological polar surface area (TPSA) is 146 Å². The zero-order valence-corrected chi connectivity index (χ0v) is 26.5. The Morgan fingerprint density at radius 3 is 1.45 bits per heavy atom. The van der Waals surface area contributed by atoms with Gasteiger partial charge in [-0.3, -0.25) is 19.4 Å². The second-order valence-electron chi connectivity index (χ2n) is 11.2. The van der Waals surface area contributed by atoms with Crippen molar-refractivity contribution in [2.75, 3.05) is 31.9 Å². The van der Waals surface area contributed by atoms with Gasteiger partial charge in [0.25, 0.3) is 0 Å². The molecular weight excluding hydrogens is 592 g/mol. The van der Waals surface area contributed by atoms with E-state index in [4.69, 9.17) is 20.7 Å². The van der Waals surface area contributed by atoms with Crippen LogP contribution in [0.2, 0.25) is 0 Å². The standard InChI is InChI=1S/C37H38N6O4/c1-3-42(4-2)21-30-7-5-9-32(39-30)34-19-28(27-13-11-25(12-14-27)26-15-17-29(38)18-16-26)20-35(41-34)33-10-6-8-31(40-33)22-43(23-36(44)45)24-37(46)47/h5-20H,3-4,21-24,38H2,1-2H3,(H,44,45)(H,46,47). The molecule has 0 bridgehead atoms. The largest absolute Gasteiger partial charge is 0.480 e. The molecule has 240 valence electrons. The number of aromatic nitrogens is 3. The van der Waals surface area contributed by atoms with Gasteiger partial charge in [-0.25, -0.2) is 15.0 Å². The van der Waals surface area contributed by atoms with E-state index in [9.17, 15) is 19.8 Å². The van der Waals surface area contributed by atoms with Gasteiger partial charge < -0.3 is 15.9 Å². The van der Waals surface area contributed by atoms with Crippen LogP contribution in [0.25, 0.3) is 45.0 Å². The highest BCUT2D eigenvalue weighted by molar-refractivity contribution is 5.77. The van der Waals surface area contributed by atoms with Gasteiger partial charge in [-0.05, 0) is 83.9 Å². The van der Waals surface area contributed by atoms with Gasteiger partial charge in [0.15, 0.2) is 0 Å².